The molecular weight excluding hydrogens is 306 g/mol. The number of rotatable bonds is 6. The second kappa shape index (κ2) is 7.47. The van der Waals surface area contributed by atoms with Crippen LogP contribution in [0.3, 0.4) is 0 Å². The standard InChI is InChI=1S/C18H25N3O3/c1-11(2)9-15-17(23)21(18(24)20-15)10-16(22)19-14-7-5-13(6-8-14)12(3)4/h5-8,11-12,15H,9-10H2,1-4H3,(H,19,22)(H,20,24)/t15-/m0/s1. The summed E-state index contributed by atoms with van der Waals surface area (Å²) in [7, 11) is 0. The third-order valence-corrected chi connectivity index (χ3v) is 3.98. The van der Waals surface area contributed by atoms with Crippen LogP contribution in [-0.4, -0.2) is 35.3 Å². The maximum Gasteiger partial charge on any atom is 0.325 e. The summed E-state index contributed by atoms with van der Waals surface area (Å²) in [6.45, 7) is 7.88. The minimum atomic E-state index is -0.532. The number of anilines is 1. The average molecular weight is 331 g/mol. The van der Waals surface area contributed by atoms with Crippen molar-refractivity contribution in [1.29, 1.82) is 0 Å². The van der Waals surface area contributed by atoms with Gasteiger partial charge in [-0.25, -0.2) is 4.79 Å². The Morgan fingerprint density at radius 3 is 2.33 bits per heavy atom. The van der Waals surface area contributed by atoms with Gasteiger partial charge in [-0.05, 0) is 36.0 Å². The first-order valence-electron chi connectivity index (χ1n) is 8.29. The van der Waals surface area contributed by atoms with E-state index in [-0.39, 0.29) is 24.3 Å². The maximum absolute atomic E-state index is 12.2. The first-order chi connectivity index (χ1) is 11.3. The number of benzene rings is 1. The molecule has 2 rings (SSSR count). The molecule has 0 unspecified atom stereocenters. The Bertz CT molecular complexity index is 623. The van der Waals surface area contributed by atoms with Crippen molar-refractivity contribution < 1.29 is 14.4 Å². The number of nitrogens with one attached hydrogen (secondary N) is 2. The Morgan fingerprint density at radius 2 is 1.79 bits per heavy atom. The molecule has 0 bridgehead atoms. The number of carbonyl (C=O) groups excluding carboxylic acids is 3. The van der Waals surface area contributed by atoms with E-state index in [2.05, 4.69) is 24.5 Å². The highest BCUT2D eigenvalue weighted by Crippen LogP contribution is 2.18. The van der Waals surface area contributed by atoms with Crippen LogP contribution in [0.2, 0.25) is 0 Å². The van der Waals surface area contributed by atoms with Gasteiger partial charge in [0.25, 0.3) is 5.91 Å². The molecule has 1 aliphatic heterocycles. The molecule has 1 aromatic carbocycles. The van der Waals surface area contributed by atoms with Crippen molar-refractivity contribution in [2.24, 2.45) is 5.92 Å². The summed E-state index contributed by atoms with van der Waals surface area (Å²) >= 11 is 0. The highest BCUT2D eigenvalue weighted by atomic mass is 16.2. The molecule has 4 amide bonds. The van der Waals surface area contributed by atoms with Gasteiger partial charge in [0.1, 0.15) is 12.6 Å². The van der Waals surface area contributed by atoms with Crippen LogP contribution in [0, 0.1) is 5.92 Å². The van der Waals surface area contributed by atoms with Crippen LogP contribution in [0.1, 0.15) is 45.6 Å². The Kier molecular flexibility index (Phi) is 5.59. The summed E-state index contributed by atoms with van der Waals surface area (Å²) in [5, 5.41) is 5.35. The van der Waals surface area contributed by atoms with E-state index < -0.39 is 12.1 Å². The van der Waals surface area contributed by atoms with E-state index >= 15 is 0 Å². The van der Waals surface area contributed by atoms with E-state index in [9.17, 15) is 14.4 Å². The monoisotopic (exact) mass is 331 g/mol. The molecule has 6 heteroatoms. The van der Waals surface area contributed by atoms with Gasteiger partial charge in [-0.3, -0.25) is 14.5 Å². The van der Waals surface area contributed by atoms with Crippen LogP contribution in [0.15, 0.2) is 24.3 Å². The van der Waals surface area contributed by atoms with Gasteiger partial charge in [-0.2, -0.15) is 0 Å². The molecule has 1 fully saturated rings. The van der Waals surface area contributed by atoms with Crippen LogP contribution in [0.4, 0.5) is 10.5 Å². The molecule has 0 radical (unpaired) electrons. The minimum absolute atomic E-state index is 0.273. The molecular formula is C18H25N3O3. The minimum Gasteiger partial charge on any atom is -0.326 e. The van der Waals surface area contributed by atoms with Crippen molar-refractivity contribution in [2.45, 2.75) is 46.1 Å². The highest BCUT2D eigenvalue weighted by Gasteiger charge is 2.38. The van der Waals surface area contributed by atoms with E-state index in [0.29, 0.717) is 18.0 Å². The zero-order valence-corrected chi connectivity index (χ0v) is 14.6. The number of amides is 4. The summed E-state index contributed by atoms with van der Waals surface area (Å²) in [5.41, 5.74) is 1.83. The summed E-state index contributed by atoms with van der Waals surface area (Å²) < 4.78 is 0. The van der Waals surface area contributed by atoms with E-state index in [4.69, 9.17) is 0 Å². The van der Waals surface area contributed by atoms with Crippen LogP contribution in [0.5, 0.6) is 0 Å². The van der Waals surface area contributed by atoms with Gasteiger partial charge >= 0.3 is 6.03 Å². The number of hydrogen-bond donors (Lipinski definition) is 2. The van der Waals surface area contributed by atoms with E-state index in [1.807, 2.05) is 38.1 Å². The molecule has 0 saturated carbocycles. The zero-order valence-electron chi connectivity index (χ0n) is 14.6. The normalized spacial score (nSPS) is 17.6. The predicted molar refractivity (Wildman–Crippen MR) is 92.6 cm³/mol. The van der Waals surface area contributed by atoms with E-state index in [0.717, 1.165) is 4.90 Å². The lowest BCUT2D eigenvalue weighted by Crippen LogP contribution is -2.38. The third kappa shape index (κ3) is 4.34. The molecule has 24 heavy (non-hydrogen) atoms. The second-order valence-corrected chi connectivity index (χ2v) is 6.88. The molecule has 0 aliphatic carbocycles. The Hall–Kier alpha value is -2.37. The van der Waals surface area contributed by atoms with Gasteiger partial charge in [-0.15, -0.1) is 0 Å². The van der Waals surface area contributed by atoms with Crippen molar-refractivity contribution >= 4 is 23.5 Å². The summed E-state index contributed by atoms with van der Waals surface area (Å²) in [6, 6.07) is 6.51. The van der Waals surface area contributed by atoms with E-state index in [1.54, 1.807) is 0 Å². The first kappa shape index (κ1) is 18.0. The zero-order chi connectivity index (χ0) is 17.9. The number of imide groups is 1. The van der Waals surface area contributed by atoms with Gasteiger partial charge in [-0.1, -0.05) is 39.8 Å². The molecule has 1 atom stereocenters. The van der Waals surface area contributed by atoms with Gasteiger partial charge in [0.05, 0.1) is 0 Å². The lowest BCUT2D eigenvalue weighted by atomic mass is 10.0. The molecule has 2 N–H and O–H groups in total. The highest BCUT2D eigenvalue weighted by molar-refractivity contribution is 6.07. The first-order valence-corrected chi connectivity index (χ1v) is 8.29. The van der Waals surface area contributed by atoms with Crippen molar-refractivity contribution in [1.82, 2.24) is 10.2 Å². The van der Waals surface area contributed by atoms with E-state index in [1.165, 1.54) is 5.56 Å². The number of nitrogens with zero attached hydrogens (tertiary/aromatic N) is 1. The fraction of sp³-hybridized carbons (Fsp3) is 0.500. The third-order valence-electron chi connectivity index (χ3n) is 3.98. The smallest absolute Gasteiger partial charge is 0.325 e. The molecule has 0 aromatic heterocycles. The predicted octanol–water partition coefficient (Wildman–Crippen LogP) is 2.72. The lowest BCUT2D eigenvalue weighted by molar-refractivity contribution is -0.131. The summed E-state index contributed by atoms with van der Waals surface area (Å²) in [5.74, 6) is -0.0222. The fourth-order valence-electron chi connectivity index (χ4n) is 2.65. The van der Waals surface area contributed by atoms with Crippen LogP contribution in [0.25, 0.3) is 0 Å². The molecule has 0 spiro atoms. The summed E-state index contributed by atoms with van der Waals surface area (Å²) in [6.07, 6.45) is 0.569. The number of hydrogen-bond acceptors (Lipinski definition) is 3. The molecule has 6 nitrogen and oxygen atoms in total. The van der Waals surface area contributed by atoms with Gasteiger partial charge in [0.2, 0.25) is 5.91 Å². The second-order valence-electron chi connectivity index (χ2n) is 6.88. The molecule has 130 valence electrons. The van der Waals surface area contributed by atoms with Gasteiger partial charge in [0.15, 0.2) is 0 Å². The van der Waals surface area contributed by atoms with Crippen molar-refractivity contribution in [3.05, 3.63) is 29.8 Å². The van der Waals surface area contributed by atoms with Gasteiger partial charge in [0, 0.05) is 5.69 Å². The lowest BCUT2D eigenvalue weighted by Gasteiger charge is -2.14. The van der Waals surface area contributed by atoms with Crippen molar-refractivity contribution in [3.63, 3.8) is 0 Å². The SMILES string of the molecule is CC(C)C[C@@H]1NC(=O)N(CC(=O)Nc2ccc(C(C)C)cc2)C1=O. The van der Waals surface area contributed by atoms with Crippen LogP contribution in [-0.2, 0) is 9.59 Å². The largest absolute Gasteiger partial charge is 0.326 e. The quantitative estimate of drug-likeness (QED) is 0.787. The maximum atomic E-state index is 12.2. The Morgan fingerprint density at radius 1 is 1.17 bits per heavy atom. The Balaban J connectivity index is 1.94. The number of urea groups is 1. The summed E-state index contributed by atoms with van der Waals surface area (Å²) in [4.78, 5) is 37.2. The number of carbonyl (C=O) groups is 3. The van der Waals surface area contributed by atoms with Crippen LogP contribution >= 0.6 is 0 Å². The van der Waals surface area contributed by atoms with Crippen molar-refractivity contribution in [3.8, 4) is 0 Å². The van der Waals surface area contributed by atoms with Gasteiger partial charge < -0.3 is 10.6 Å². The average Bonchev–Trinajstić information content (AvgIpc) is 2.74. The van der Waals surface area contributed by atoms with Crippen molar-refractivity contribution in [2.75, 3.05) is 11.9 Å². The molecule has 1 heterocycles. The molecule has 1 aliphatic rings. The Labute approximate surface area is 142 Å². The van der Waals surface area contributed by atoms with Crippen LogP contribution < -0.4 is 10.6 Å². The fourth-order valence-corrected chi connectivity index (χ4v) is 2.65. The topological polar surface area (TPSA) is 78.5 Å². The molecule has 1 aromatic rings. The molecule has 1 saturated heterocycles.